The molecular formula is C17H20N6O2S. The van der Waals surface area contributed by atoms with Crippen LogP contribution in [0.1, 0.15) is 12.1 Å². The molecule has 2 aromatic heterocycles. The molecule has 2 unspecified atom stereocenters. The zero-order chi connectivity index (χ0) is 18.3. The number of aromatic nitrogens is 4. The van der Waals surface area contributed by atoms with Crippen LogP contribution in [0.15, 0.2) is 34.6 Å². The topological polar surface area (TPSA) is 84.2 Å². The Balaban J connectivity index is 1.43. The van der Waals surface area contributed by atoms with Gasteiger partial charge in [-0.05, 0) is 25.7 Å². The van der Waals surface area contributed by atoms with Crippen molar-refractivity contribution in [1.82, 2.24) is 24.4 Å². The molecule has 9 heteroatoms. The Hall–Kier alpha value is -2.42. The molecular weight excluding hydrogens is 352 g/mol. The Labute approximate surface area is 155 Å². The highest BCUT2D eigenvalue weighted by Gasteiger charge is 2.47. The molecule has 8 nitrogen and oxygen atoms in total. The number of amides is 1. The summed E-state index contributed by atoms with van der Waals surface area (Å²) in [7, 11) is 0. The van der Waals surface area contributed by atoms with E-state index < -0.39 is 0 Å². The van der Waals surface area contributed by atoms with E-state index in [0.29, 0.717) is 5.69 Å². The normalized spacial score (nSPS) is 21.5. The maximum atomic E-state index is 12.7. The van der Waals surface area contributed by atoms with Gasteiger partial charge >= 0.3 is 0 Å². The number of hydrogen-bond donors (Lipinski definition) is 0. The summed E-state index contributed by atoms with van der Waals surface area (Å²) in [5, 5.41) is 0.751. The molecule has 3 saturated heterocycles. The van der Waals surface area contributed by atoms with Gasteiger partial charge in [0.1, 0.15) is 12.4 Å². The van der Waals surface area contributed by atoms with Crippen molar-refractivity contribution in [3.8, 4) is 0 Å². The van der Waals surface area contributed by atoms with Crippen LogP contribution in [0.25, 0.3) is 0 Å². The third kappa shape index (κ3) is 3.07. The summed E-state index contributed by atoms with van der Waals surface area (Å²) in [6, 6.07) is 3.70. The molecule has 0 aromatic carbocycles. The molecule has 3 aliphatic rings. The van der Waals surface area contributed by atoms with Crippen LogP contribution in [-0.2, 0) is 11.3 Å². The third-order valence-corrected chi connectivity index (χ3v) is 5.49. The van der Waals surface area contributed by atoms with Crippen molar-refractivity contribution in [3.05, 3.63) is 40.7 Å². The molecule has 136 valence electrons. The number of rotatable bonds is 4. The number of thioether (sulfide) groups is 1. The van der Waals surface area contributed by atoms with E-state index in [-0.39, 0.29) is 30.1 Å². The Morgan fingerprint density at radius 2 is 2.08 bits per heavy atom. The standard InChI is InChI=1S/C17H20N6O2S/c1-11-5-15(24)22(10-19-11)9-16(25)23-12-6-13(23)8-21(7-12)14-3-4-18-17(20-14)26-2/h3-5,10,12-13H,6-9H2,1-2H3. The lowest BCUT2D eigenvalue weighted by atomic mass is 9.87. The summed E-state index contributed by atoms with van der Waals surface area (Å²) in [6.07, 6.45) is 6.18. The van der Waals surface area contributed by atoms with E-state index in [1.54, 1.807) is 13.1 Å². The minimum Gasteiger partial charge on any atom is -0.352 e. The molecule has 0 radical (unpaired) electrons. The first kappa shape index (κ1) is 17.0. The number of nitrogens with zero attached hydrogens (tertiary/aromatic N) is 6. The van der Waals surface area contributed by atoms with Crippen molar-refractivity contribution in [1.29, 1.82) is 0 Å². The van der Waals surface area contributed by atoms with Crippen LogP contribution in [-0.4, -0.2) is 61.8 Å². The molecule has 0 saturated carbocycles. The van der Waals surface area contributed by atoms with E-state index in [2.05, 4.69) is 19.9 Å². The van der Waals surface area contributed by atoms with Crippen LogP contribution in [0, 0.1) is 6.92 Å². The van der Waals surface area contributed by atoms with Crippen LogP contribution in [0.3, 0.4) is 0 Å². The molecule has 0 aliphatic carbocycles. The fourth-order valence-electron chi connectivity index (χ4n) is 3.67. The predicted octanol–water partition coefficient (Wildman–Crippen LogP) is 0.553. The smallest absolute Gasteiger partial charge is 0.253 e. The third-order valence-electron chi connectivity index (χ3n) is 4.93. The summed E-state index contributed by atoms with van der Waals surface area (Å²) in [4.78, 5) is 41.6. The molecule has 3 fully saturated rings. The average molecular weight is 372 g/mol. The van der Waals surface area contributed by atoms with Crippen LogP contribution >= 0.6 is 11.8 Å². The monoisotopic (exact) mass is 372 g/mol. The van der Waals surface area contributed by atoms with Gasteiger partial charge in [-0.3, -0.25) is 14.2 Å². The maximum absolute atomic E-state index is 12.7. The van der Waals surface area contributed by atoms with Gasteiger partial charge in [-0.25, -0.2) is 15.0 Å². The second kappa shape index (κ2) is 6.71. The van der Waals surface area contributed by atoms with Crippen LogP contribution in [0.5, 0.6) is 0 Å². The number of anilines is 1. The molecule has 2 aromatic rings. The fraction of sp³-hybridized carbons (Fsp3) is 0.471. The lowest BCUT2D eigenvalue weighted by Crippen LogP contribution is -2.70. The fourth-order valence-corrected chi connectivity index (χ4v) is 4.02. The van der Waals surface area contributed by atoms with Gasteiger partial charge in [0.2, 0.25) is 5.91 Å². The van der Waals surface area contributed by atoms with E-state index >= 15 is 0 Å². The second-order valence-corrected chi connectivity index (χ2v) is 7.42. The first-order valence-electron chi connectivity index (χ1n) is 8.51. The second-order valence-electron chi connectivity index (χ2n) is 6.65. The van der Waals surface area contributed by atoms with Crippen molar-refractivity contribution in [2.24, 2.45) is 0 Å². The van der Waals surface area contributed by atoms with Gasteiger partial charge in [0.05, 0.1) is 18.4 Å². The zero-order valence-corrected chi connectivity index (χ0v) is 15.5. The van der Waals surface area contributed by atoms with Crippen molar-refractivity contribution >= 4 is 23.5 Å². The molecule has 26 heavy (non-hydrogen) atoms. The van der Waals surface area contributed by atoms with E-state index in [4.69, 9.17) is 0 Å². The molecule has 0 spiro atoms. The Morgan fingerprint density at radius 3 is 2.77 bits per heavy atom. The van der Waals surface area contributed by atoms with Gasteiger partial charge in [0, 0.05) is 31.0 Å². The molecule has 0 N–H and O–H groups in total. The Morgan fingerprint density at radius 1 is 1.31 bits per heavy atom. The number of piperidine rings is 1. The minimum absolute atomic E-state index is 0.0221. The SMILES string of the molecule is CSc1nccc(N2CC3CC(C2)N3C(=O)Cn2cnc(C)cc2=O)n1. The summed E-state index contributed by atoms with van der Waals surface area (Å²) in [5.74, 6) is 0.885. The van der Waals surface area contributed by atoms with Gasteiger partial charge in [-0.1, -0.05) is 11.8 Å². The number of fused-ring (bicyclic) bond motifs is 2. The van der Waals surface area contributed by atoms with Gasteiger partial charge < -0.3 is 9.80 Å². The average Bonchev–Trinajstić information content (AvgIpc) is 2.64. The van der Waals surface area contributed by atoms with E-state index in [9.17, 15) is 9.59 Å². The molecule has 5 rings (SSSR count). The number of aryl methyl sites for hydroxylation is 1. The van der Waals surface area contributed by atoms with Crippen LogP contribution in [0.4, 0.5) is 5.82 Å². The van der Waals surface area contributed by atoms with E-state index in [1.807, 2.05) is 17.2 Å². The summed E-state index contributed by atoms with van der Waals surface area (Å²) in [6.45, 7) is 3.32. The summed E-state index contributed by atoms with van der Waals surface area (Å²) in [5.41, 5.74) is 0.466. The number of hydrogen-bond acceptors (Lipinski definition) is 7. The van der Waals surface area contributed by atoms with Gasteiger partial charge in [0.25, 0.3) is 5.56 Å². The Kier molecular flexibility index (Phi) is 4.39. The lowest BCUT2D eigenvalue weighted by molar-refractivity contribution is -0.146. The Bertz CT molecular complexity index is 889. The minimum atomic E-state index is -0.191. The largest absolute Gasteiger partial charge is 0.352 e. The van der Waals surface area contributed by atoms with Gasteiger partial charge in [-0.2, -0.15) is 0 Å². The van der Waals surface area contributed by atoms with Crippen molar-refractivity contribution in [2.75, 3.05) is 24.2 Å². The molecule has 2 atom stereocenters. The lowest BCUT2D eigenvalue weighted by Gasteiger charge is -2.56. The van der Waals surface area contributed by atoms with Gasteiger partial charge in [-0.15, -0.1) is 0 Å². The highest BCUT2D eigenvalue weighted by atomic mass is 32.2. The molecule has 3 aliphatic heterocycles. The number of carbonyl (C=O) groups excluding carboxylic acids is 1. The highest BCUT2D eigenvalue weighted by molar-refractivity contribution is 7.98. The van der Waals surface area contributed by atoms with Crippen LogP contribution in [0.2, 0.25) is 0 Å². The first-order valence-corrected chi connectivity index (χ1v) is 9.74. The highest BCUT2D eigenvalue weighted by Crippen LogP contribution is 2.34. The summed E-state index contributed by atoms with van der Waals surface area (Å²) >= 11 is 1.52. The number of carbonyl (C=O) groups is 1. The maximum Gasteiger partial charge on any atom is 0.253 e. The predicted molar refractivity (Wildman–Crippen MR) is 98.3 cm³/mol. The number of piperazine rings is 1. The quantitative estimate of drug-likeness (QED) is 0.572. The first-order chi connectivity index (χ1) is 12.5. The summed E-state index contributed by atoms with van der Waals surface area (Å²) < 4.78 is 1.37. The van der Waals surface area contributed by atoms with Crippen molar-refractivity contribution in [2.45, 2.75) is 37.1 Å². The van der Waals surface area contributed by atoms with Crippen molar-refractivity contribution < 1.29 is 4.79 Å². The van der Waals surface area contributed by atoms with E-state index in [1.165, 1.54) is 28.7 Å². The van der Waals surface area contributed by atoms with E-state index in [0.717, 1.165) is 30.5 Å². The van der Waals surface area contributed by atoms with Gasteiger partial charge in [0.15, 0.2) is 5.16 Å². The van der Waals surface area contributed by atoms with Crippen LogP contribution < -0.4 is 10.5 Å². The molecule has 1 amide bonds. The van der Waals surface area contributed by atoms with Crippen molar-refractivity contribution in [3.63, 3.8) is 0 Å². The molecule has 5 heterocycles. The zero-order valence-electron chi connectivity index (χ0n) is 14.7. The molecule has 2 bridgehead atoms.